The van der Waals surface area contributed by atoms with Crippen LogP contribution in [0.4, 0.5) is 0 Å². The van der Waals surface area contributed by atoms with E-state index in [0.29, 0.717) is 0 Å². The second kappa shape index (κ2) is 8.45. The average molecular weight is 356 g/mol. The second-order valence-electron chi connectivity index (χ2n) is 5.67. The summed E-state index contributed by atoms with van der Waals surface area (Å²) in [7, 11) is 0. The Hall–Kier alpha value is -1.65. The number of hydrogen-bond donors (Lipinski definition) is 0. The van der Waals surface area contributed by atoms with Gasteiger partial charge in [-0.25, -0.2) is 0 Å². The van der Waals surface area contributed by atoms with Gasteiger partial charge in [-0.1, -0.05) is 42.5 Å². The van der Waals surface area contributed by atoms with Crippen molar-refractivity contribution in [2.75, 3.05) is 6.54 Å². The van der Waals surface area contributed by atoms with E-state index in [1.165, 1.54) is 0 Å². The smallest absolute Gasteiger partial charge is 0.247 e. The van der Waals surface area contributed by atoms with Crippen molar-refractivity contribution < 1.29 is 4.79 Å². The molecule has 1 amide bonds. The molecule has 0 spiro atoms. The van der Waals surface area contributed by atoms with Crippen molar-refractivity contribution in [2.45, 2.75) is 33.3 Å². The number of rotatable bonds is 6. The fourth-order valence-electron chi connectivity index (χ4n) is 2.82. The molecule has 1 atom stereocenters. The van der Waals surface area contributed by atoms with Crippen LogP contribution in [0.1, 0.15) is 12.8 Å². The summed E-state index contributed by atoms with van der Waals surface area (Å²) in [6, 6.07) is 20.5. The Morgan fingerprint density at radius 2 is 1.58 bits per heavy atom. The van der Waals surface area contributed by atoms with Crippen molar-refractivity contribution in [3.8, 4) is 0 Å². The minimum atomic E-state index is -0.185. The molecule has 2 aromatic rings. The van der Waals surface area contributed by atoms with Crippen LogP contribution in [-0.4, -0.2) is 28.0 Å². The van der Waals surface area contributed by atoms with Crippen molar-refractivity contribution in [1.29, 1.82) is 0 Å². The van der Waals surface area contributed by atoms with Crippen LogP contribution in [0, 0.1) is 0 Å². The molecule has 1 heterocycles. The van der Waals surface area contributed by atoms with Gasteiger partial charge in [0.05, 0.1) is 0 Å². The number of hydrogen-bond acceptors (Lipinski definition) is 3. The first-order valence-corrected chi connectivity index (χ1v) is 9.90. The molecular formula is C20H21NOS2. The fourth-order valence-corrected chi connectivity index (χ4v) is 5.27. The summed E-state index contributed by atoms with van der Waals surface area (Å²) in [6.45, 7) is 4.73. The van der Waals surface area contributed by atoms with Crippen molar-refractivity contribution in [2.24, 2.45) is 0 Å². The van der Waals surface area contributed by atoms with E-state index >= 15 is 0 Å². The molecule has 0 N–H and O–H groups in total. The number of carbonyl (C=O) groups excluding carboxylic acids is 1. The molecule has 1 aliphatic rings. The summed E-state index contributed by atoms with van der Waals surface area (Å²) in [6.07, 6.45) is 3.98. The Labute approximate surface area is 152 Å². The monoisotopic (exact) mass is 355 g/mol. The van der Waals surface area contributed by atoms with Crippen LogP contribution in [0.25, 0.3) is 0 Å². The summed E-state index contributed by atoms with van der Waals surface area (Å²) in [5.74, 6) is 0.195. The lowest BCUT2D eigenvalue weighted by atomic mass is 10.2. The predicted molar refractivity (Wildman–Crippen MR) is 103 cm³/mol. The lowest BCUT2D eigenvalue weighted by Gasteiger charge is -2.26. The minimum absolute atomic E-state index is 0.174. The molecule has 1 fully saturated rings. The van der Waals surface area contributed by atoms with E-state index in [2.05, 4.69) is 30.8 Å². The molecule has 0 aromatic heterocycles. The van der Waals surface area contributed by atoms with Gasteiger partial charge >= 0.3 is 0 Å². The predicted octanol–water partition coefficient (Wildman–Crippen LogP) is 5.07. The minimum Gasteiger partial charge on any atom is -0.335 e. The number of thioether (sulfide) groups is 2. The topological polar surface area (TPSA) is 20.3 Å². The molecule has 2 nitrogen and oxygen atoms in total. The van der Waals surface area contributed by atoms with Gasteiger partial charge in [-0.05, 0) is 37.1 Å². The highest BCUT2D eigenvalue weighted by atomic mass is 32.2. The molecule has 1 saturated heterocycles. The van der Waals surface area contributed by atoms with Crippen molar-refractivity contribution in [3.63, 3.8) is 0 Å². The van der Waals surface area contributed by atoms with Crippen LogP contribution < -0.4 is 0 Å². The van der Waals surface area contributed by atoms with E-state index in [4.69, 9.17) is 0 Å². The third-order valence-corrected chi connectivity index (χ3v) is 6.53. The zero-order valence-corrected chi connectivity index (χ0v) is 15.1. The molecule has 124 valence electrons. The Morgan fingerprint density at radius 1 is 1.04 bits per heavy atom. The van der Waals surface area contributed by atoms with Gasteiger partial charge in [-0.2, -0.15) is 0 Å². The molecule has 0 radical (unpaired) electrons. The van der Waals surface area contributed by atoms with Crippen LogP contribution in [0.5, 0.6) is 0 Å². The molecule has 0 saturated carbocycles. The van der Waals surface area contributed by atoms with E-state index in [1.54, 1.807) is 23.5 Å². The maximum Gasteiger partial charge on any atom is 0.247 e. The van der Waals surface area contributed by atoms with Gasteiger partial charge in [0.1, 0.15) is 4.58 Å². The molecular weight excluding hydrogens is 334 g/mol. The number of carbonyl (C=O) groups is 1. The third-order valence-electron chi connectivity index (χ3n) is 4.03. The van der Waals surface area contributed by atoms with Gasteiger partial charge in [-0.3, -0.25) is 4.79 Å². The summed E-state index contributed by atoms with van der Waals surface area (Å²) in [5.41, 5.74) is 0. The summed E-state index contributed by atoms with van der Waals surface area (Å²) in [5, 5.41) is 0. The van der Waals surface area contributed by atoms with E-state index in [0.717, 1.165) is 29.2 Å². The largest absolute Gasteiger partial charge is 0.335 e. The van der Waals surface area contributed by atoms with Gasteiger partial charge in [0.15, 0.2) is 0 Å². The lowest BCUT2D eigenvalue weighted by Crippen LogP contribution is -2.39. The molecule has 3 rings (SSSR count). The van der Waals surface area contributed by atoms with Crippen molar-refractivity contribution >= 4 is 29.4 Å². The van der Waals surface area contributed by atoms with Gasteiger partial charge < -0.3 is 4.90 Å². The lowest BCUT2D eigenvalue weighted by molar-refractivity contribution is -0.129. The Kier molecular flexibility index (Phi) is 6.05. The quantitative estimate of drug-likeness (QED) is 0.410. The summed E-state index contributed by atoms with van der Waals surface area (Å²) in [4.78, 5) is 17.4. The van der Waals surface area contributed by atoms with E-state index < -0.39 is 0 Å². The fraction of sp³-hybridized carbons (Fsp3) is 0.250. The second-order valence-corrected chi connectivity index (χ2v) is 8.33. The SMILES string of the molecule is C=C[C@@H]1CCCN1C(=O)C(Sc1ccccc1)Sc1ccccc1. The van der Waals surface area contributed by atoms with Crippen LogP contribution >= 0.6 is 23.5 Å². The zero-order valence-electron chi connectivity index (χ0n) is 13.5. The standard InChI is InChI=1S/C20H21NOS2/c1-2-16-10-9-15-21(16)19(22)20(23-17-11-5-3-6-12-17)24-18-13-7-4-8-14-18/h2-8,11-14,16,20H,1,9-10,15H2/t16-/m1/s1. The summed E-state index contributed by atoms with van der Waals surface area (Å²) >= 11 is 3.26. The molecule has 24 heavy (non-hydrogen) atoms. The third kappa shape index (κ3) is 4.25. The average Bonchev–Trinajstić information content (AvgIpc) is 3.11. The normalized spacial score (nSPS) is 17.2. The Morgan fingerprint density at radius 3 is 2.08 bits per heavy atom. The number of benzene rings is 2. The Balaban J connectivity index is 1.80. The van der Waals surface area contributed by atoms with E-state index in [9.17, 15) is 4.79 Å². The number of amides is 1. The maximum absolute atomic E-state index is 13.2. The summed E-state index contributed by atoms with van der Waals surface area (Å²) < 4.78 is -0.185. The molecule has 0 aliphatic carbocycles. The Bertz CT molecular complexity index is 633. The van der Waals surface area contributed by atoms with Crippen LogP contribution in [0.15, 0.2) is 83.1 Å². The van der Waals surface area contributed by atoms with Crippen LogP contribution in [0.3, 0.4) is 0 Å². The first-order valence-electron chi connectivity index (χ1n) is 8.14. The highest BCUT2D eigenvalue weighted by Gasteiger charge is 2.32. The van der Waals surface area contributed by atoms with Crippen molar-refractivity contribution in [3.05, 3.63) is 73.3 Å². The van der Waals surface area contributed by atoms with Gasteiger partial charge in [-0.15, -0.1) is 30.1 Å². The van der Waals surface area contributed by atoms with E-state index in [1.807, 2.05) is 47.4 Å². The van der Waals surface area contributed by atoms with Crippen molar-refractivity contribution in [1.82, 2.24) is 4.90 Å². The maximum atomic E-state index is 13.2. The molecule has 2 aromatic carbocycles. The first-order chi connectivity index (χ1) is 11.8. The van der Waals surface area contributed by atoms with Crippen LogP contribution in [-0.2, 0) is 4.79 Å². The number of nitrogens with zero attached hydrogens (tertiary/aromatic N) is 1. The van der Waals surface area contributed by atoms with Gasteiger partial charge in [0.25, 0.3) is 0 Å². The van der Waals surface area contributed by atoms with Gasteiger partial charge in [0.2, 0.25) is 5.91 Å². The molecule has 4 heteroatoms. The molecule has 0 bridgehead atoms. The van der Waals surface area contributed by atoms with Crippen LogP contribution in [0.2, 0.25) is 0 Å². The highest BCUT2D eigenvalue weighted by molar-refractivity contribution is 8.18. The first kappa shape index (κ1) is 17.2. The number of likely N-dealkylation sites (tertiary alicyclic amines) is 1. The molecule has 0 unspecified atom stereocenters. The zero-order chi connectivity index (χ0) is 16.8. The van der Waals surface area contributed by atoms with E-state index in [-0.39, 0.29) is 16.5 Å². The highest BCUT2D eigenvalue weighted by Crippen LogP contribution is 2.37. The van der Waals surface area contributed by atoms with Gasteiger partial charge in [0, 0.05) is 22.4 Å². The molecule has 1 aliphatic heterocycles.